The van der Waals surface area contributed by atoms with Crippen molar-refractivity contribution in [3.8, 4) is 11.8 Å². The van der Waals surface area contributed by atoms with Gasteiger partial charge in [0, 0.05) is 17.7 Å². The Morgan fingerprint density at radius 2 is 2.00 bits per heavy atom. The van der Waals surface area contributed by atoms with Crippen LogP contribution < -0.4 is 4.90 Å². The molecule has 0 unspecified atom stereocenters. The van der Waals surface area contributed by atoms with E-state index in [0.717, 1.165) is 16.8 Å². The first-order valence-corrected chi connectivity index (χ1v) is 8.20. The minimum atomic E-state index is -0.547. The predicted octanol–water partition coefficient (Wildman–Crippen LogP) is 3.16. The number of aliphatic imine (C=N–C) groups is 1. The van der Waals surface area contributed by atoms with E-state index in [1.165, 1.54) is 0 Å². The lowest BCUT2D eigenvalue weighted by Crippen LogP contribution is -2.36. The smallest absolute Gasteiger partial charge is 0.251 e. The van der Waals surface area contributed by atoms with Crippen LogP contribution in [0.4, 0.5) is 5.69 Å². The van der Waals surface area contributed by atoms with Crippen LogP contribution in [0, 0.1) is 18.3 Å². The van der Waals surface area contributed by atoms with E-state index in [9.17, 15) is 15.2 Å². The number of likely N-dealkylation sites (N-methyl/N-ethyl adjacent to an activating group) is 1. The molecule has 3 rings (SSSR count). The van der Waals surface area contributed by atoms with Crippen LogP contribution >= 0.6 is 0 Å². The van der Waals surface area contributed by atoms with Crippen LogP contribution in [-0.4, -0.2) is 29.3 Å². The number of anilines is 1. The number of carbonyl (C=O) groups excluding carboxylic acids is 1. The first kappa shape index (κ1) is 16.7. The Kier molecular flexibility index (Phi) is 4.28. The predicted molar refractivity (Wildman–Crippen MR) is 97.1 cm³/mol. The Balaban J connectivity index is 2.32. The fraction of sp³-hybridized carbons (Fsp3) is 0.250. The lowest BCUT2D eigenvalue weighted by atomic mass is 9.95. The van der Waals surface area contributed by atoms with Gasteiger partial charge >= 0.3 is 0 Å². The number of aryl methyl sites for hydroxylation is 1. The third-order valence-corrected chi connectivity index (χ3v) is 4.41. The highest BCUT2D eigenvalue weighted by molar-refractivity contribution is 6.20. The molecule has 2 aromatic rings. The Bertz CT molecular complexity index is 925. The molecule has 0 spiro atoms. The fourth-order valence-corrected chi connectivity index (χ4v) is 3.10. The van der Waals surface area contributed by atoms with Crippen molar-refractivity contribution in [3.63, 3.8) is 0 Å². The number of amides is 1. The van der Waals surface area contributed by atoms with Crippen molar-refractivity contribution < 1.29 is 9.90 Å². The zero-order chi connectivity index (χ0) is 18.1. The average Bonchev–Trinajstić information content (AvgIpc) is 2.71. The van der Waals surface area contributed by atoms with E-state index in [1.54, 1.807) is 42.2 Å². The summed E-state index contributed by atoms with van der Waals surface area (Å²) in [6.07, 6.45) is 0. The van der Waals surface area contributed by atoms with Gasteiger partial charge in [0.2, 0.25) is 0 Å². The second kappa shape index (κ2) is 6.40. The van der Waals surface area contributed by atoms with Gasteiger partial charge in [0.1, 0.15) is 11.8 Å². The summed E-state index contributed by atoms with van der Waals surface area (Å²) in [5.41, 5.74) is 4.31. The molecule has 0 saturated heterocycles. The quantitative estimate of drug-likeness (QED) is 0.917. The standard InChI is InChI=1S/C20H19N3O2/c1-4-23-18-8-7-15(24)10-17(18)19(22-13(3)20(23)25)16-9-14(11-21)6-5-12(16)2/h5-10,13,24H,4H2,1-3H3/t13-/m0/s1. The van der Waals surface area contributed by atoms with Crippen LogP contribution in [0.5, 0.6) is 5.75 Å². The number of benzene rings is 2. The maximum atomic E-state index is 12.7. The number of rotatable bonds is 2. The zero-order valence-electron chi connectivity index (χ0n) is 14.4. The fourth-order valence-electron chi connectivity index (χ4n) is 3.10. The SMILES string of the molecule is CCN1C(=O)[C@H](C)N=C(c2cc(C#N)ccc2C)c2cc(O)ccc21. The molecule has 0 radical (unpaired) electrons. The van der Waals surface area contributed by atoms with E-state index in [-0.39, 0.29) is 11.7 Å². The molecule has 25 heavy (non-hydrogen) atoms. The van der Waals surface area contributed by atoms with E-state index in [0.29, 0.717) is 23.4 Å². The molecule has 0 bridgehead atoms. The van der Waals surface area contributed by atoms with Crippen molar-refractivity contribution in [2.45, 2.75) is 26.8 Å². The Labute approximate surface area is 146 Å². The molecule has 126 valence electrons. The van der Waals surface area contributed by atoms with Gasteiger partial charge in [-0.15, -0.1) is 0 Å². The zero-order valence-corrected chi connectivity index (χ0v) is 14.4. The minimum Gasteiger partial charge on any atom is -0.508 e. The summed E-state index contributed by atoms with van der Waals surface area (Å²) in [6.45, 7) is 6.13. The Morgan fingerprint density at radius 3 is 2.68 bits per heavy atom. The van der Waals surface area contributed by atoms with Gasteiger partial charge in [0.15, 0.2) is 0 Å². The number of nitriles is 1. The number of carbonyl (C=O) groups is 1. The summed E-state index contributed by atoms with van der Waals surface area (Å²) < 4.78 is 0. The van der Waals surface area contributed by atoms with Crippen LogP contribution in [0.25, 0.3) is 0 Å². The molecular formula is C20H19N3O2. The third-order valence-electron chi connectivity index (χ3n) is 4.41. The maximum Gasteiger partial charge on any atom is 0.251 e. The summed E-state index contributed by atoms with van der Waals surface area (Å²) >= 11 is 0. The molecule has 1 amide bonds. The normalized spacial score (nSPS) is 16.7. The molecule has 1 aliphatic rings. The number of phenolic OH excluding ortho intramolecular Hbond substituents is 1. The molecule has 0 aliphatic carbocycles. The van der Waals surface area contributed by atoms with Crippen molar-refractivity contribution in [3.05, 3.63) is 58.7 Å². The van der Waals surface area contributed by atoms with Crippen molar-refractivity contribution in [1.29, 1.82) is 5.26 Å². The van der Waals surface area contributed by atoms with Crippen LogP contribution in [0.1, 0.15) is 36.1 Å². The van der Waals surface area contributed by atoms with Gasteiger partial charge in [-0.2, -0.15) is 5.26 Å². The van der Waals surface area contributed by atoms with Gasteiger partial charge in [0.05, 0.1) is 23.0 Å². The molecule has 5 heteroatoms. The highest BCUT2D eigenvalue weighted by Crippen LogP contribution is 2.32. The summed E-state index contributed by atoms with van der Waals surface area (Å²) in [4.78, 5) is 19.0. The number of phenols is 1. The monoisotopic (exact) mass is 333 g/mol. The van der Waals surface area contributed by atoms with Crippen LogP contribution in [-0.2, 0) is 4.79 Å². The lowest BCUT2D eigenvalue weighted by Gasteiger charge is -2.22. The van der Waals surface area contributed by atoms with E-state index < -0.39 is 6.04 Å². The van der Waals surface area contributed by atoms with E-state index in [1.807, 2.05) is 19.9 Å². The number of benzodiazepines with no additional fused rings is 1. The minimum absolute atomic E-state index is 0.0847. The summed E-state index contributed by atoms with van der Waals surface area (Å²) in [5, 5.41) is 19.2. The van der Waals surface area contributed by atoms with Gasteiger partial charge in [-0.25, -0.2) is 0 Å². The molecular weight excluding hydrogens is 314 g/mol. The van der Waals surface area contributed by atoms with E-state index in [2.05, 4.69) is 11.1 Å². The average molecular weight is 333 g/mol. The van der Waals surface area contributed by atoms with Gasteiger partial charge in [0.25, 0.3) is 5.91 Å². The first-order chi connectivity index (χ1) is 12.0. The molecule has 1 N–H and O–H groups in total. The van der Waals surface area contributed by atoms with Gasteiger partial charge in [-0.1, -0.05) is 6.07 Å². The van der Waals surface area contributed by atoms with Gasteiger partial charge in [-0.05, 0) is 56.7 Å². The Morgan fingerprint density at radius 1 is 1.24 bits per heavy atom. The highest BCUT2D eigenvalue weighted by atomic mass is 16.3. The lowest BCUT2D eigenvalue weighted by molar-refractivity contribution is -0.119. The van der Waals surface area contributed by atoms with Crippen LogP contribution in [0.15, 0.2) is 41.4 Å². The van der Waals surface area contributed by atoms with Gasteiger partial charge < -0.3 is 10.0 Å². The number of hydrogen-bond donors (Lipinski definition) is 1. The molecule has 1 atom stereocenters. The number of aromatic hydroxyl groups is 1. The summed E-state index contributed by atoms with van der Waals surface area (Å²) in [7, 11) is 0. The maximum absolute atomic E-state index is 12.7. The van der Waals surface area contributed by atoms with Crippen molar-refractivity contribution in [1.82, 2.24) is 0 Å². The van der Waals surface area contributed by atoms with Crippen LogP contribution in [0.3, 0.4) is 0 Å². The molecule has 0 aromatic heterocycles. The number of hydrogen-bond acceptors (Lipinski definition) is 4. The molecule has 0 fully saturated rings. The van der Waals surface area contributed by atoms with Crippen molar-refractivity contribution >= 4 is 17.3 Å². The third kappa shape index (κ3) is 2.87. The summed E-state index contributed by atoms with van der Waals surface area (Å²) in [6, 6.07) is 11.9. The van der Waals surface area contributed by atoms with Crippen LogP contribution in [0.2, 0.25) is 0 Å². The van der Waals surface area contributed by atoms with E-state index >= 15 is 0 Å². The molecule has 1 aliphatic heterocycles. The second-order valence-corrected chi connectivity index (χ2v) is 6.08. The molecule has 0 saturated carbocycles. The molecule has 2 aromatic carbocycles. The topological polar surface area (TPSA) is 76.7 Å². The van der Waals surface area contributed by atoms with Crippen molar-refractivity contribution in [2.75, 3.05) is 11.4 Å². The highest BCUT2D eigenvalue weighted by Gasteiger charge is 2.29. The largest absolute Gasteiger partial charge is 0.508 e. The summed E-state index contributed by atoms with van der Waals surface area (Å²) in [5.74, 6) is 0.0251. The number of nitrogens with zero attached hydrogens (tertiary/aromatic N) is 3. The second-order valence-electron chi connectivity index (χ2n) is 6.08. The number of fused-ring (bicyclic) bond motifs is 1. The Hall–Kier alpha value is -3.13. The first-order valence-electron chi connectivity index (χ1n) is 8.20. The molecule has 1 heterocycles. The van der Waals surface area contributed by atoms with E-state index in [4.69, 9.17) is 0 Å². The van der Waals surface area contributed by atoms with Crippen molar-refractivity contribution in [2.24, 2.45) is 4.99 Å². The molecule has 5 nitrogen and oxygen atoms in total. The van der Waals surface area contributed by atoms with Gasteiger partial charge in [-0.3, -0.25) is 9.79 Å².